The summed E-state index contributed by atoms with van der Waals surface area (Å²) < 4.78 is 7.42. The molecule has 1 atom stereocenters. The topological polar surface area (TPSA) is 13.1 Å². The first-order chi connectivity index (χ1) is 7.08. The summed E-state index contributed by atoms with van der Waals surface area (Å²) in [5, 5.41) is 0. The van der Waals surface area contributed by atoms with Crippen LogP contribution < -0.4 is 0 Å². The number of thiophene rings is 1. The molecule has 5 heteroatoms. The molecular formula is C10H7Br3OS. The van der Waals surface area contributed by atoms with E-state index in [-0.39, 0.29) is 4.83 Å². The molecule has 0 bridgehead atoms. The maximum absolute atomic E-state index is 5.51. The van der Waals surface area contributed by atoms with Crippen LogP contribution in [0.5, 0.6) is 0 Å². The quantitative estimate of drug-likeness (QED) is 0.578. The van der Waals surface area contributed by atoms with Crippen molar-refractivity contribution in [3.05, 3.63) is 42.9 Å². The molecule has 15 heavy (non-hydrogen) atoms. The summed E-state index contributed by atoms with van der Waals surface area (Å²) in [5.74, 6) is 0.913. The zero-order valence-electron chi connectivity index (χ0n) is 7.76. The Bertz CT molecular complexity index is 455. The fraction of sp³-hybridized carbons (Fsp3) is 0.200. The Morgan fingerprint density at radius 3 is 2.53 bits per heavy atom. The van der Waals surface area contributed by atoms with Gasteiger partial charge in [-0.15, -0.1) is 11.3 Å². The van der Waals surface area contributed by atoms with Gasteiger partial charge >= 0.3 is 0 Å². The van der Waals surface area contributed by atoms with Crippen LogP contribution in [0.4, 0.5) is 0 Å². The van der Waals surface area contributed by atoms with Crippen LogP contribution in [0, 0.1) is 6.92 Å². The van der Waals surface area contributed by atoms with Crippen molar-refractivity contribution in [1.29, 1.82) is 0 Å². The first kappa shape index (κ1) is 11.9. The maximum atomic E-state index is 5.51. The second kappa shape index (κ2) is 4.73. The molecule has 2 aromatic heterocycles. The van der Waals surface area contributed by atoms with Gasteiger partial charge in [-0.1, -0.05) is 15.9 Å². The van der Waals surface area contributed by atoms with E-state index < -0.39 is 0 Å². The molecule has 1 nitrogen and oxygen atoms in total. The summed E-state index contributed by atoms with van der Waals surface area (Å²) in [6, 6.07) is 5.99. The van der Waals surface area contributed by atoms with Gasteiger partial charge in [0.15, 0.2) is 4.67 Å². The molecule has 0 saturated heterocycles. The van der Waals surface area contributed by atoms with Gasteiger partial charge in [0.25, 0.3) is 0 Å². The highest BCUT2D eigenvalue weighted by molar-refractivity contribution is 9.11. The molecular weight excluding hydrogens is 408 g/mol. The van der Waals surface area contributed by atoms with Gasteiger partial charge in [-0.05, 0) is 57.0 Å². The van der Waals surface area contributed by atoms with E-state index in [0.29, 0.717) is 0 Å². The van der Waals surface area contributed by atoms with Gasteiger partial charge in [-0.3, -0.25) is 0 Å². The monoisotopic (exact) mass is 412 g/mol. The lowest BCUT2D eigenvalue weighted by Gasteiger charge is -2.02. The van der Waals surface area contributed by atoms with Crippen molar-refractivity contribution >= 4 is 59.1 Å². The molecule has 0 aromatic carbocycles. The molecule has 0 N–H and O–H groups in total. The largest absolute Gasteiger partial charge is 0.453 e. The number of alkyl halides is 1. The molecule has 0 fully saturated rings. The zero-order chi connectivity index (χ0) is 11.0. The highest BCUT2D eigenvalue weighted by Crippen LogP contribution is 2.39. The molecule has 0 amide bonds. The molecule has 0 spiro atoms. The Labute approximate surface area is 117 Å². The van der Waals surface area contributed by atoms with E-state index in [0.717, 1.165) is 14.9 Å². The molecule has 0 aliphatic rings. The first-order valence-corrected chi connectivity index (χ1v) is 7.55. The molecule has 0 aliphatic heterocycles. The number of rotatable bonds is 2. The van der Waals surface area contributed by atoms with E-state index in [1.807, 2.05) is 12.1 Å². The van der Waals surface area contributed by atoms with Crippen LogP contribution in [0.15, 0.2) is 31.8 Å². The van der Waals surface area contributed by atoms with Crippen LogP contribution in [0.25, 0.3) is 0 Å². The van der Waals surface area contributed by atoms with Crippen molar-refractivity contribution in [3.8, 4) is 0 Å². The zero-order valence-corrected chi connectivity index (χ0v) is 13.3. The number of hydrogen-bond acceptors (Lipinski definition) is 2. The summed E-state index contributed by atoms with van der Waals surface area (Å²) in [7, 11) is 0. The van der Waals surface area contributed by atoms with E-state index in [4.69, 9.17) is 4.42 Å². The van der Waals surface area contributed by atoms with Crippen LogP contribution in [-0.4, -0.2) is 0 Å². The summed E-state index contributed by atoms with van der Waals surface area (Å²) in [6.07, 6.45) is 0. The van der Waals surface area contributed by atoms with E-state index >= 15 is 0 Å². The van der Waals surface area contributed by atoms with Crippen LogP contribution in [-0.2, 0) is 0 Å². The molecule has 2 rings (SSSR count). The average Bonchev–Trinajstić information content (AvgIpc) is 2.74. The van der Waals surface area contributed by atoms with Crippen LogP contribution in [0.2, 0.25) is 0 Å². The van der Waals surface area contributed by atoms with Crippen molar-refractivity contribution in [3.63, 3.8) is 0 Å². The molecule has 0 aliphatic carbocycles. The number of furan rings is 1. The van der Waals surface area contributed by atoms with Gasteiger partial charge in [0.1, 0.15) is 10.6 Å². The third kappa shape index (κ3) is 2.57. The molecule has 2 aromatic rings. The summed E-state index contributed by atoms with van der Waals surface area (Å²) >= 11 is 12.2. The minimum absolute atomic E-state index is 0.124. The van der Waals surface area contributed by atoms with E-state index in [2.05, 4.69) is 60.8 Å². The lowest BCUT2D eigenvalue weighted by atomic mass is 10.3. The molecule has 0 saturated carbocycles. The smallest absolute Gasteiger partial charge is 0.169 e. The fourth-order valence-electron chi connectivity index (χ4n) is 1.21. The first-order valence-electron chi connectivity index (χ1n) is 4.23. The van der Waals surface area contributed by atoms with Crippen LogP contribution >= 0.6 is 59.1 Å². The third-order valence-corrected chi connectivity index (χ3v) is 5.85. The predicted molar refractivity (Wildman–Crippen MR) is 73.9 cm³/mol. The molecule has 1 unspecified atom stereocenters. The number of aryl methyl sites for hydroxylation is 1. The third-order valence-electron chi connectivity index (χ3n) is 1.97. The maximum Gasteiger partial charge on any atom is 0.169 e. The van der Waals surface area contributed by atoms with Gasteiger partial charge in [0.2, 0.25) is 0 Å². The van der Waals surface area contributed by atoms with Gasteiger partial charge in [0, 0.05) is 14.2 Å². The van der Waals surface area contributed by atoms with Gasteiger partial charge in [-0.2, -0.15) is 0 Å². The van der Waals surface area contributed by atoms with Crippen LogP contribution in [0.3, 0.4) is 0 Å². The van der Waals surface area contributed by atoms with Gasteiger partial charge in [-0.25, -0.2) is 0 Å². The van der Waals surface area contributed by atoms with Gasteiger partial charge in [0.05, 0.1) is 0 Å². The summed E-state index contributed by atoms with van der Waals surface area (Å²) in [4.78, 5) is 2.64. The molecule has 80 valence electrons. The highest BCUT2D eigenvalue weighted by atomic mass is 79.9. The Morgan fingerprint density at radius 1 is 1.33 bits per heavy atom. The normalized spacial score (nSPS) is 13.1. The van der Waals surface area contributed by atoms with E-state index in [1.54, 1.807) is 11.3 Å². The minimum Gasteiger partial charge on any atom is -0.453 e. The van der Waals surface area contributed by atoms with Crippen molar-refractivity contribution in [2.24, 2.45) is 0 Å². The standard InChI is InChI=1S/C10H7Br3OS/c1-5-6(11)4-8(15-5)10(13)7-2-3-9(12)14-7/h2-4,10H,1H3. The summed E-state index contributed by atoms with van der Waals surface area (Å²) in [5.41, 5.74) is 0. The second-order valence-corrected chi connectivity index (χ2v) is 6.90. The van der Waals surface area contributed by atoms with E-state index in [9.17, 15) is 0 Å². The SMILES string of the molecule is Cc1sc(C(Br)c2ccc(Br)o2)cc1Br. The molecule has 2 heterocycles. The average molecular weight is 415 g/mol. The van der Waals surface area contributed by atoms with Crippen molar-refractivity contribution in [1.82, 2.24) is 0 Å². The van der Waals surface area contributed by atoms with E-state index in [1.165, 1.54) is 9.75 Å². The Hall–Kier alpha value is 0.420. The van der Waals surface area contributed by atoms with Crippen molar-refractivity contribution < 1.29 is 4.42 Å². The number of halogens is 3. The van der Waals surface area contributed by atoms with Crippen LogP contribution in [0.1, 0.15) is 20.3 Å². The second-order valence-electron chi connectivity index (χ2n) is 3.06. The van der Waals surface area contributed by atoms with Crippen molar-refractivity contribution in [2.75, 3.05) is 0 Å². The molecule has 0 radical (unpaired) electrons. The Morgan fingerprint density at radius 2 is 2.07 bits per heavy atom. The lowest BCUT2D eigenvalue weighted by molar-refractivity contribution is 0.498. The Balaban J connectivity index is 2.31. The highest BCUT2D eigenvalue weighted by Gasteiger charge is 2.17. The fourth-order valence-corrected chi connectivity index (χ4v) is 3.74. The van der Waals surface area contributed by atoms with Gasteiger partial charge < -0.3 is 4.42 Å². The predicted octanol–water partition coefficient (Wildman–Crippen LogP) is 5.66. The Kier molecular flexibility index (Phi) is 3.75. The minimum atomic E-state index is 0.124. The lowest BCUT2D eigenvalue weighted by Crippen LogP contribution is -1.85. The summed E-state index contributed by atoms with van der Waals surface area (Å²) in [6.45, 7) is 2.09. The number of hydrogen-bond donors (Lipinski definition) is 0. The van der Waals surface area contributed by atoms with Crippen molar-refractivity contribution in [2.45, 2.75) is 11.8 Å².